The van der Waals surface area contributed by atoms with Crippen LogP contribution < -0.4 is 5.32 Å². The zero-order valence-electron chi connectivity index (χ0n) is 18.7. The van der Waals surface area contributed by atoms with Gasteiger partial charge in [0.1, 0.15) is 0 Å². The predicted molar refractivity (Wildman–Crippen MR) is 132 cm³/mol. The fourth-order valence-corrected chi connectivity index (χ4v) is 5.21. The molecule has 0 aliphatic rings. The summed E-state index contributed by atoms with van der Waals surface area (Å²) in [6, 6.07) is 7.92. The summed E-state index contributed by atoms with van der Waals surface area (Å²) in [6.45, 7) is 4.39. The van der Waals surface area contributed by atoms with Crippen molar-refractivity contribution in [1.29, 1.82) is 0 Å². The van der Waals surface area contributed by atoms with Gasteiger partial charge in [0, 0.05) is 11.3 Å². The molecule has 0 fully saturated rings. The van der Waals surface area contributed by atoms with Crippen molar-refractivity contribution in [3.63, 3.8) is 0 Å². The molecule has 1 aromatic rings. The number of hydrogen-bond acceptors (Lipinski definition) is 4. The maximum Gasteiger partial charge on any atom is 0.303 e. The summed E-state index contributed by atoms with van der Waals surface area (Å²) in [4.78, 5) is 24.7. The van der Waals surface area contributed by atoms with Crippen LogP contribution in [0.2, 0.25) is 0 Å². The first kappa shape index (κ1) is 26.9. The molecule has 0 aliphatic heterocycles. The first-order valence-electron chi connectivity index (χ1n) is 11.4. The lowest BCUT2D eigenvalue weighted by Crippen LogP contribution is -2.26. The molecule has 1 rings (SSSR count). The third kappa shape index (κ3) is 12.5. The minimum absolute atomic E-state index is 0.00440. The third-order valence-electron chi connectivity index (χ3n) is 4.82. The Bertz CT molecular complexity index is 610. The highest BCUT2D eigenvalue weighted by atomic mass is 32.2. The maximum absolute atomic E-state index is 13.0. The molecule has 0 saturated heterocycles. The van der Waals surface area contributed by atoms with Gasteiger partial charge in [0.2, 0.25) is 5.91 Å². The molecule has 1 amide bonds. The number of benzene rings is 1. The number of carboxylic acid groups (broad SMARTS) is 1. The van der Waals surface area contributed by atoms with Crippen molar-refractivity contribution in [1.82, 2.24) is 0 Å². The van der Waals surface area contributed by atoms with Gasteiger partial charge in [-0.15, -0.1) is 23.5 Å². The van der Waals surface area contributed by atoms with Gasteiger partial charge in [-0.1, -0.05) is 64.5 Å². The van der Waals surface area contributed by atoms with E-state index >= 15 is 0 Å². The minimum atomic E-state index is -0.742. The molecule has 0 radical (unpaired) electrons. The van der Waals surface area contributed by atoms with Gasteiger partial charge >= 0.3 is 5.97 Å². The van der Waals surface area contributed by atoms with Crippen LogP contribution in [-0.2, 0) is 9.59 Å². The first-order chi connectivity index (χ1) is 14.6. The Kier molecular flexibility index (Phi) is 15.7. The number of anilines is 1. The number of carbonyl (C=O) groups excluding carboxylic acids is 1. The molecule has 2 N–H and O–H groups in total. The van der Waals surface area contributed by atoms with Crippen molar-refractivity contribution in [3.8, 4) is 0 Å². The summed E-state index contributed by atoms with van der Waals surface area (Å²) < 4.78 is 0. The van der Waals surface area contributed by atoms with Crippen LogP contribution in [0.1, 0.15) is 84.5 Å². The van der Waals surface area contributed by atoms with Crippen LogP contribution in [0.4, 0.5) is 5.69 Å². The number of nitrogens with one attached hydrogen (secondary N) is 1. The molecule has 0 aliphatic carbocycles. The third-order valence-corrected chi connectivity index (χ3v) is 7.48. The standard InChI is InChI=1S/C24H39NO3S2/c1-3-5-6-7-8-9-16-22(29-18-4-2)24(28)25-20-14-10-11-15-21(20)30-19-13-12-17-23(26)27/h10-11,14-15,22H,3-9,12-13,16-19H2,1-2H3,(H,25,28)(H,26,27). The fraction of sp³-hybridized carbons (Fsp3) is 0.667. The molecule has 4 nitrogen and oxygen atoms in total. The highest BCUT2D eigenvalue weighted by molar-refractivity contribution is 8.00. The number of rotatable bonds is 18. The molecule has 0 saturated carbocycles. The second-order valence-electron chi connectivity index (χ2n) is 7.60. The van der Waals surface area contributed by atoms with E-state index in [-0.39, 0.29) is 17.6 Å². The molecule has 6 heteroatoms. The highest BCUT2D eigenvalue weighted by Gasteiger charge is 2.19. The average molecular weight is 454 g/mol. The van der Waals surface area contributed by atoms with E-state index in [9.17, 15) is 9.59 Å². The van der Waals surface area contributed by atoms with Crippen LogP contribution >= 0.6 is 23.5 Å². The molecular weight excluding hydrogens is 414 g/mol. The zero-order valence-corrected chi connectivity index (χ0v) is 20.3. The Morgan fingerprint density at radius 2 is 1.67 bits per heavy atom. The van der Waals surface area contributed by atoms with Crippen LogP contribution in [0, 0.1) is 0 Å². The Labute approximate surface area is 191 Å². The monoisotopic (exact) mass is 453 g/mol. The van der Waals surface area contributed by atoms with E-state index in [4.69, 9.17) is 5.11 Å². The SMILES string of the molecule is CCCCCCCCC(SCCC)C(=O)Nc1ccccc1SCCCCC(=O)O. The number of carbonyl (C=O) groups is 2. The predicted octanol–water partition coefficient (Wildman–Crippen LogP) is 7.23. The highest BCUT2D eigenvalue weighted by Crippen LogP contribution is 2.29. The van der Waals surface area contributed by atoms with Crippen LogP contribution in [0.25, 0.3) is 0 Å². The lowest BCUT2D eigenvalue weighted by atomic mass is 10.1. The van der Waals surface area contributed by atoms with E-state index in [2.05, 4.69) is 19.2 Å². The normalized spacial score (nSPS) is 11.9. The molecule has 1 aromatic carbocycles. The molecule has 0 bridgehead atoms. The Hall–Kier alpha value is -1.14. The topological polar surface area (TPSA) is 66.4 Å². The number of amides is 1. The van der Waals surface area contributed by atoms with E-state index in [1.807, 2.05) is 24.3 Å². The number of para-hydroxylation sites is 1. The summed E-state index contributed by atoms with van der Waals surface area (Å²) in [5.74, 6) is 1.23. The second-order valence-corrected chi connectivity index (χ2v) is 10.0. The van der Waals surface area contributed by atoms with Gasteiger partial charge < -0.3 is 10.4 Å². The Balaban J connectivity index is 2.55. The summed E-state index contributed by atoms with van der Waals surface area (Å²) in [5, 5.41) is 11.9. The van der Waals surface area contributed by atoms with E-state index in [1.54, 1.807) is 23.5 Å². The number of thioether (sulfide) groups is 2. The van der Waals surface area contributed by atoms with Gasteiger partial charge in [0.25, 0.3) is 0 Å². The van der Waals surface area contributed by atoms with E-state index in [0.717, 1.165) is 47.8 Å². The van der Waals surface area contributed by atoms with Crippen molar-refractivity contribution in [2.45, 2.75) is 94.6 Å². The lowest BCUT2D eigenvalue weighted by molar-refractivity contribution is -0.137. The first-order valence-corrected chi connectivity index (χ1v) is 13.5. The number of unbranched alkanes of at least 4 members (excludes halogenated alkanes) is 6. The molecule has 1 atom stereocenters. The van der Waals surface area contributed by atoms with Gasteiger partial charge in [-0.25, -0.2) is 0 Å². The molecule has 30 heavy (non-hydrogen) atoms. The van der Waals surface area contributed by atoms with Crippen LogP contribution in [0.5, 0.6) is 0 Å². The smallest absolute Gasteiger partial charge is 0.303 e. The molecular formula is C24H39NO3S2. The van der Waals surface area contributed by atoms with Crippen molar-refractivity contribution in [2.24, 2.45) is 0 Å². The van der Waals surface area contributed by atoms with Crippen LogP contribution in [0.15, 0.2) is 29.2 Å². The zero-order chi connectivity index (χ0) is 22.0. The van der Waals surface area contributed by atoms with E-state index in [0.29, 0.717) is 6.42 Å². The Morgan fingerprint density at radius 3 is 2.40 bits per heavy atom. The van der Waals surface area contributed by atoms with Gasteiger partial charge in [-0.2, -0.15) is 0 Å². The molecule has 0 heterocycles. The molecule has 0 aromatic heterocycles. The van der Waals surface area contributed by atoms with E-state index < -0.39 is 5.97 Å². The molecule has 1 unspecified atom stereocenters. The van der Waals surface area contributed by atoms with Crippen molar-refractivity contribution in [2.75, 3.05) is 16.8 Å². The van der Waals surface area contributed by atoms with Gasteiger partial charge in [-0.3, -0.25) is 9.59 Å². The number of aliphatic carboxylic acids is 1. The maximum atomic E-state index is 13.0. The molecule has 0 spiro atoms. The summed E-state index contributed by atoms with van der Waals surface area (Å²) in [7, 11) is 0. The quantitative estimate of drug-likeness (QED) is 0.181. The fourth-order valence-electron chi connectivity index (χ4n) is 3.13. The Morgan fingerprint density at radius 1 is 0.933 bits per heavy atom. The second kappa shape index (κ2) is 17.5. The van der Waals surface area contributed by atoms with Crippen LogP contribution in [-0.4, -0.2) is 33.7 Å². The van der Waals surface area contributed by atoms with Crippen molar-refractivity contribution in [3.05, 3.63) is 24.3 Å². The van der Waals surface area contributed by atoms with E-state index in [1.165, 1.54) is 32.1 Å². The van der Waals surface area contributed by atoms with Gasteiger partial charge in [0.15, 0.2) is 0 Å². The summed E-state index contributed by atoms with van der Waals surface area (Å²) in [6.07, 6.45) is 11.2. The van der Waals surface area contributed by atoms with Crippen molar-refractivity contribution < 1.29 is 14.7 Å². The average Bonchev–Trinajstić information content (AvgIpc) is 2.73. The lowest BCUT2D eigenvalue weighted by Gasteiger charge is -2.18. The van der Waals surface area contributed by atoms with Crippen molar-refractivity contribution >= 4 is 41.1 Å². The van der Waals surface area contributed by atoms with Gasteiger partial charge in [0.05, 0.1) is 10.9 Å². The van der Waals surface area contributed by atoms with Gasteiger partial charge in [-0.05, 0) is 49.3 Å². The molecule has 170 valence electrons. The number of hydrogen-bond donors (Lipinski definition) is 2. The summed E-state index contributed by atoms with van der Waals surface area (Å²) in [5.41, 5.74) is 0.871. The largest absolute Gasteiger partial charge is 0.481 e. The minimum Gasteiger partial charge on any atom is -0.481 e. The number of carboxylic acids is 1. The summed E-state index contributed by atoms with van der Waals surface area (Å²) >= 11 is 3.46. The van der Waals surface area contributed by atoms with Crippen LogP contribution in [0.3, 0.4) is 0 Å².